The predicted molar refractivity (Wildman–Crippen MR) is 296 cm³/mol. The summed E-state index contributed by atoms with van der Waals surface area (Å²) in [5, 5.41) is 23.3. The lowest BCUT2D eigenvalue weighted by Gasteiger charge is -2.22. The van der Waals surface area contributed by atoms with Gasteiger partial charge in [-0.2, -0.15) is 0 Å². The minimum absolute atomic E-state index is 0.00163. The number of carbonyl (C=O) groups is 2. The lowest BCUT2D eigenvalue weighted by Crippen LogP contribution is -2.45. The van der Waals surface area contributed by atoms with E-state index in [4.69, 9.17) is 4.74 Å². The first-order valence-corrected chi connectivity index (χ1v) is 30.6. The van der Waals surface area contributed by atoms with Crippen LogP contribution in [-0.2, 0) is 14.3 Å². The standard InChI is InChI=1S/C62H119NO5/c1-3-5-7-9-11-13-15-16-17-28-31-35-38-42-46-50-54-60(65)59(58-64)63-61(66)55-51-47-43-39-36-32-29-26-24-22-20-18-19-21-23-25-27-30-33-37-41-45-49-53-57-68-62(67)56-52-48-44-40-34-14-12-10-8-6-4-2/h10,12,20,22,59-60,64-65H,3-9,11,13-19,21,23-58H2,1-2H3,(H,63,66)/b12-10-,22-20-. The van der Waals surface area contributed by atoms with Crippen molar-refractivity contribution in [1.29, 1.82) is 0 Å². The lowest BCUT2D eigenvalue weighted by atomic mass is 10.0. The predicted octanol–water partition coefficient (Wildman–Crippen LogP) is 19.0. The molecule has 0 aliphatic carbocycles. The molecule has 0 rings (SSSR count). The lowest BCUT2D eigenvalue weighted by molar-refractivity contribution is -0.143. The molecule has 0 aliphatic heterocycles. The zero-order valence-electron chi connectivity index (χ0n) is 45.9. The van der Waals surface area contributed by atoms with Crippen LogP contribution in [0.15, 0.2) is 24.3 Å². The van der Waals surface area contributed by atoms with Crippen molar-refractivity contribution >= 4 is 11.9 Å². The number of aliphatic hydroxyl groups excluding tert-OH is 2. The van der Waals surface area contributed by atoms with E-state index in [1.54, 1.807) is 0 Å². The summed E-state index contributed by atoms with van der Waals surface area (Å²) < 4.78 is 5.46. The fraction of sp³-hybridized carbons (Fsp3) is 0.903. The van der Waals surface area contributed by atoms with E-state index in [0.717, 1.165) is 44.9 Å². The summed E-state index contributed by atoms with van der Waals surface area (Å²) >= 11 is 0. The number of amides is 1. The van der Waals surface area contributed by atoms with Crippen molar-refractivity contribution in [1.82, 2.24) is 5.32 Å². The van der Waals surface area contributed by atoms with Gasteiger partial charge >= 0.3 is 5.97 Å². The maximum atomic E-state index is 12.5. The summed E-state index contributed by atoms with van der Waals surface area (Å²) in [6.45, 7) is 4.93. The summed E-state index contributed by atoms with van der Waals surface area (Å²) in [4.78, 5) is 24.5. The smallest absolute Gasteiger partial charge is 0.305 e. The van der Waals surface area contributed by atoms with Gasteiger partial charge in [-0.15, -0.1) is 0 Å². The van der Waals surface area contributed by atoms with Crippen LogP contribution in [0.1, 0.15) is 335 Å². The van der Waals surface area contributed by atoms with E-state index in [-0.39, 0.29) is 18.5 Å². The molecule has 6 nitrogen and oxygen atoms in total. The summed E-state index contributed by atoms with van der Waals surface area (Å²) in [5.41, 5.74) is 0. The van der Waals surface area contributed by atoms with Crippen LogP contribution in [0.5, 0.6) is 0 Å². The molecule has 0 saturated heterocycles. The van der Waals surface area contributed by atoms with Crippen molar-refractivity contribution < 1.29 is 24.5 Å². The van der Waals surface area contributed by atoms with Crippen molar-refractivity contribution in [3.63, 3.8) is 0 Å². The number of ether oxygens (including phenoxy) is 1. The number of esters is 1. The van der Waals surface area contributed by atoms with E-state index < -0.39 is 12.1 Å². The second-order valence-electron chi connectivity index (χ2n) is 21.0. The number of hydrogen-bond acceptors (Lipinski definition) is 5. The van der Waals surface area contributed by atoms with Crippen LogP contribution in [0.4, 0.5) is 0 Å². The van der Waals surface area contributed by atoms with Gasteiger partial charge in [0.1, 0.15) is 0 Å². The van der Waals surface area contributed by atoms with Crippen molar-refractivity contribution in [2.45, 2.75) is 347 Å². The zero-order valence-corrected chi connectivity index (χ0v) is 45.9. The Bertz CT molecular complexity index is 1060. The topological polar surface area (TPSA) is 95.9 Å². The van der Waals surface area contributed by atoms with Crippen LogP contribution >= 0.6 is 0 Å². The molecule has 402 valence electrons. The Hall–Kier alpha value is -1.66. The molecular formula is C62H119NO5. The summed E-state index contributed by atoms with van der Waals surface area (Å²) in [7, 11) is 0. The molecule has 0 heterocycles. The van der Waals surface area contributed by atoms with Gasteiger partial charge in [0.05, 0.1) is 25.4 Å². The number of aliphatic hydroxyl groups is 2. The number of carbonyl (C=O) groups excluding carboxylic acids is 2. The van der Waals surface area contributed by atoms with Crippen molar-refractivity contribution in [2.24, 2.45) is 0 Å². The molecule has 6 heteroatoms. The maximum Gasteiger partial charge on any atom is 0.305 e. The van der Waals surface area contributed by atoms with Crippen LogP contribution in [0, 0.1) is 0 Å². The van der Waals surface area contributed by atoms with Crippen LogP contribution < -0.4 is 5.32 Å². The Morgan fingerprint density at radius 3 is 1.09 bits per heavy atom. The third-order valence-corrected chi connectivity index (χ3v) is 14.2. The molecule has 0 aromatic carbocycles. The SMILES string of the molecule is CCCC/C=C\CCCCCCCC(=O)OCCCCCCCCCCCCCC/C=C\CCCCCCCCCCC(=O)NC(CO)C(O)CCCCCCCCCCCCCCCCCC. The molecule has 0 radical (unpaired) electrons. The fourth-order valence-electron chi connectivity index (χ4n) is 9.50. The summed E-state index contributed by atoms with van der Waals surface area (Å²) in [6.07, 6.45) is 70.4. The van der Waals surface area contributed by atoms with Crippen molar-refractivity contribution in [2.75, 3.05) is 13.2 Å². The largest absolute Gasteiger partial charge is 0.466 e. The zero-order chi connectivity index (χ0) is 49.3. The highest BCUT2D eigenvalue weighted by atomic mass is 16.5. The molecule has 0 saturated carbocycles. The average Bonchev–Trinajstić information content (AvgIpc) is 3.34. The quantitative estimate of drug-likeness (QED) is 0.0321. The number of unbranched alkanes of at least 4 members (excludes halogenated alkanes) is 42. The van der Waals surface area contributed by atoms with Crippen LogP contribution in [-0.4, -0.2) is 47.4 Å². The Morgan fingerprint density at radius 2 is 0.706 bits per heavy atom. The second-order valence-corrected chi connectivity index (χ2v) is 21.0. The highest BCUT2D eigenvalue weighted by Crippen LogP contribution is 2.17. The molecule has 2 unspecified atom stereocenters. The van der Waals surface area contributed by atoms with Crippen molar-refractivity contribution in [3.05, 3.63) is 24.3 Å². The Labute approximate surface area is 424 Å². The number of allylic oxidation sites excluding steroid dienone is 4. The van der Waals surface area contributed by atoms with E-state index in [1.165, 1.54) is 257 Å². The van der Waals surface area contributed by atoms with Gasteiger partial charge in [-0.3, -0.25) is 9.59 Å². The van der Waals surface area contributed by atoms with E-state index in [1.807, 2.05) is 0 Å². The van der Waals surface area contributed by atoms with E-state index in [9.17, 15) is 19.8 Å². The number of hydrogen-bond donors (Lipinski definition) is 3. The van der Waals surface area contributed by atoms with Gasteiger partial charge in [0.2, 0.25) is 5.91 Å². The van der Waals surface area contributed by atoms with Crippen molar-refractivity contribution in [3.8, 4) is 0 Å². The van der Waals surface area contributed by atoms with Gasteiger partial charge in [-0.05, 0) is 70.6 Å². The molecule has 2 atom stereocenters. The molecule has 1 amide bonds. The van der Waals surface area contributed by atoms with Gasteiger partial charge in [0.15, 0.2) is 0 Å². The molecule has 0 bridgehead atoms. The normalized spacial score (nSPS) is 12.7. The van der Waals surface area contributed by atoms with Gasteiger partial charge in [0.25, 0.3) is 0 Å². The van der Waals surface area contributed by atoms with E-state index >= 15 is 0 Å². The third kappa shape index (κ3) is 53.7. The third-order valence-electron chi connectivity index (χ3n) is 14.2. The van der Waals surface area contributed by atoms with E-state index in [0.29, 0.717) is 25.9 Å². The minimum atomic E-state index is -0.667. The van der Waals surface area contributed by atoms with Gasteiger partial charge in [0, 0.05) is 12.8 Å². The average molecular weight is 959 g/mol. The molecule has 0 aromatic rings. The van der Waals surface area contributed by atoms with Crippen LogP contribution in [0.25, 0.3) is 0 Å². The fourth-order valence-corrected chi connectivity index (χ4v) is 9.50. The van der Waals surface area contributed by atoms with Gasteiger partial charge < -0.3 is 20.3 Å². The Kier molecular flexibility index (Phi) is 56.5. The van der Waals surface area contributed by atoms with Crippen LogP contribution in [0.2, 0.25) is 0 Å². The Morgan fingerprint density at radius 1 is 0.397 bits per heavy atom. The highest BCUT2D eigenvalue weighted by Gasteiger charge is 2.20. The van der Waals surface area contributed by atoms with Gasteiger partial charge in [-0.25, -0.2) is 0 Å². The highest BCUT2D eigenvalue weighted by molar-refractivity contribution is 5.76. The molecule has 0 aromatic heterocycles. The maximum absolute atomic E-state index is 12.5. The first-order valence-electron chi connectivity index (χ1n) is 30.6. The minimum Gasteiger partial charge on any atom is -0.466 e. The molecule has 3 N–H and O–H groups in total. The van der Waals surface area contributed by atoms with Crippen LogP contribution in [0.3, 0.4) is 0 Å². The monoisotopic (exact) mass is 958 g/mol. The first-order chi connectivity index (χ1) is 33.5. The number of nitrogens with one attached hydrogen (secondary N) is 1. The molecular weight excluding hydrogens is 839 g/mol. The second kappa shape index (κ2) is 57.9. The molecule has 0 aliphatic rings. The summed E-state index contributed by atoms with van der Waals surface area (Å²) in [5.74, 6) is -0.0358. The molecule has 68 heavy (non-hydrogen) atoms. The summed E-state index contributed by atoms with van der Waals surface area (Å²) in [6, 6.07) is -0.544. The Balaban J connectivity index is 3.41. The van der Waals surface area contributed by atoms with E-state index in [2.05, 4.69) is 43.5 Å². The van der Waals surface area contributed by atoms with Gasteiger partial charge in [-0.1, -0.05) is 276 Å². The molecule has 0 spiro atoms. The number of rotatable bonds is 57. The first kappa shape index (κ1) is 66.3. The molecule has 0 fully saturated rings.